The highest BCUT2D eigenvalue weighted by Crippen LogP contribution is 2.06. The molecule has 0 unspecified atom stereocenters. The summed E-state index contributed by atoms with van der Waals surface area (Å²) in [5, 5.41) is 7.32. The Hall–Kier alpha value is -0.765. The molecule has 7 heteroatoms. The van der Waals surface area contributed by atoms with Crippen molar-refractivity contribution in [3.05, 3.63) is 0 Å². The van der Waals surface area contributed by atoms with Gasteiger partial charge in [0.05, 0.1) is 32.8 Å². The van der Waals surface area contributed by atoms with E-state index in [2.05, 4.69) is 27.8 Å². The molecule has 0 atom stereocenters. The minimum atomic E-state index is -6.00. The van der Waals surface area contributed by atoms with Gasteiger partial charge in [-0.1, -0.05) is 0 Å². The lowest BCUT2D eigenvalue weighted by atomic mass is 10.3. The Balaban J connectivity index is -0.000000181. The first-order chi connectivity index (χ1) is 7.10. The maximum Gasteiger partial charge on any atom is 0.673 e. The van der Waals surface area contributed by atoms with E-state index in [1.807, 2.05) is 0 Å². The summed E-state index contributed by atoms with van der Waals surface area (Å²) in [5.41, 5.74) is 0. The van der Waals surface area contributed by atoms with E-state index in [1.54, 1.807) is 6.07 Å². The topological polar surface area (TPSA) is 23.8 Å². The number of nitrogens with zero attached hydrogens (tertiary/aromatic N) is 2. The third-order valence-electron chi connectivity index (χ3n) is 2.29. The maximum atomic E-state index is 9.75. The number of rotatable bonds is 3. The van der Waals surface area contributed by atoms with Crippen LogP contribution in [0.1, 0.15) is 27.7 Å². The SMILES string of the molecule is CC#N.CC[N+](C)(CC)CC.F[B-](F)(F)F. The first-order valence-electron chi connectivity index (χ1n) is 5.11. The van der Waals surface area contributed by atoms with Crippen molar-refractivity contribution >= 4 is 7.25 Å². The fourth-order valence-electron chi connectivity index (χ4n) is 0.671. The molecule has 0 amide bonds. The van der Waals surface area contributed by atoms with Gasteiger partial charge in [-0.25, -0.2) is 0 Å². The Morgan fingerprint density at radius 2 is 1.12 bits per heavy atom. The third-order valence-corrected chi connectivity index (χ3v) is 2.29. The second kappa shape index (κ2) is 10.7. The van der Waals surface area contributed by atoms with Crippen molar-refractivity contribution in [1.29, 1.82) is 5.26 Å². The molecule has 0 radical (unpaired) electrons. The molecule has 0 saturated heterocycles. The average Bonchev–Trinajstić information content (AvgIpc) is 2.15. The smallest absolute Gasteiger partial charge is 0.418 e. The van der Waals surface area contributed by atoms with E-state index in [0.29, 0.717) is 0 Å². The molecule has 0 aliphatic heterocycles. The van der Waals surface area contributed by atoms with Crippen LogP contribution in [0.15, 0.2) is 0 Å². The molecule has 98 valence electrons. The highest BCUT2D eigenvalue weighted by Gasteiger charge is 2.20. The fourth-order valence-corrected chi connectivity index (χ4v) is 0.671. The van der Waals surface area contributed by atoms with Crippen LogP contribution in [0, 0.1) is 11.3 Å². The third kappa shape index (κ3) is 29.2. The molecule has 0 aromatic rings. The molecule has 0 bridgehead atoms. The van der Waals surface area contributed by atoms with Crippen molar-refractivity contribution in [2.24, 2.45) is 0 Å². The second-order valence-corrected chi connectivity index (χ2v) is 3.29. The van der Waals surface area contributed by atoms with Crippen molar-refractivity contribution in [3.63, 3.8) is 0 Å². The molecular weight excluding hydrogens is 223 g/mol. The van der Waals surface area contributed by atoms with E-state index in [9.17, 15) is 17.3 Å². The molecule has 0 N–H and O–H groups in total. The Morgan fingerprint density at radius 1 is 1.00 bits per heavy atom. The molecule has 0 aromatic heterocycles. The van der Waals surface area contributed by atoms with Gasteiger partial charge in [-0.15, -0.1) is 0 Å². The molecule has 0 aliphatic rings. The van der Waals surface area contributed by atoms with Gasteiger partial charge in [0.1, 0.15) is 0 Å². The number of quaternary nitrogens is 1. The van der Waals surface area contributed by atoms with Gasteiger partial charge < -0.3 is 21.7 Å². The first kappa shape index (κ1) is 20.6. The lowest BCUT2D eigenvalue weighted by molar-refractivity contribution is -0.904. The van der Waals surface area contributed by atoms with Gasteiger partial charge in [0.25, 0.3) is 0 Å². The Labute approximate surface area is 95.6 Å². The first-order valence-corrected chi connectivity index (χ1v) is 5.11. The monoisotopic (exact) mass is 244 g/mol. The van der Waals surface area contributed by atoms with Crippen LogP contribution in [0.4, 0.5) is 17.3 Å². The normalized spacial score (nSPS) is 10.2. The van der Waals surface area contributed by atoms with Crippen LogP contribution in [-0.2, 0) is 0 Å². The molecule has 0 spiro atoms. The Morgan fingerprint density at radius 3 is 1.12 bits per heavy atom. The predicted octanol–water partition coefficient (Wildman–Crippen LogP) is 3.32. The fraction of sp³-hybridized carbons (Fsp3) is 0.889. The molecule has 0 aromatic carbocycles. The van der Waals surface area contributed by atoms with Gasteiger partial charge in [0, 0.05) is 6.92 Å². The van der Waals surface area contributed by atoms with E-state index in [-0.39, 0.29) is 0 Å². The van der Waals surface area contributed by atoms with Crippen LogP contribution >= 0.6 is 0 Å². The molecule has 0 saturated carbocycles. The Kier molecular flexibility index (Phi) is 13.8. The largest absolute Gasteiger partial charge is 0.673 e. The van der Waals surface area contributed by atoms with E-state index >= 15 is 0 Å². The quantitative estimate of drug-likeness (QED) is 0.424. The highest BCUT2D eigenvalue weighted by atomic mass is 19.5. The molecule has 2 nitrogen and oxygen atoms in total. The van der Waals surface area contributed by atoms with E-state index < -0.39 is 7.25 Å². The second-order valence-electron chi connectivity index (χ2n) is 3.29. The summed E-state index contributed by atoms with van der Waals surface area (Å²) in [6.45, 7) is 11.9. The summed E-state index contributed by atoms with van der Waals surface area (Å²) in [6.07, 6.45) is 0. The molecule has 0 fully saturated rings. The van der Waals surface area contributed by atoms with Crippen LogP contribution in [0.5, 0.6) is 0 Å². The van der Waals surface area contributed by atoms with Crippen molar-refractivity contribution < 1.29 is 21.7 Å². The van der Waals surface area contributed by atoms with Gasteiger partial charge >= 0.3 is 7.25 Å². The van der Waals surface area contributed by atoms with Crippen LogP contribution in [0.2, 0.25) is 0 Å². The van der Waals surface area contributed by atoms with Crippen LogP contribution in [0.25, 0.3) is 0 Å². The van der Waals surface area contributed by atoms with Gasteiger partial charge in [0.15, 0.2) is 0 Å². The van der Waals surface area contributed by atoms with E-state index in [1.165, 1.54) is 31.0 Å². The van der Waals surface area contributed by atoms with Crippen LogP contribution in [-0.4, -0.2) is 38.4 Å². The zero-order valence-corrected chi connectivity index (χ0v) is 10.6. The lowest BCUT2D eigenvalue weighted by Crippen LogP contribution is -2.42. The molecule has 16 heavy (non-hydrogen) atoms. The lowest BCUT2D eigenvalue weighted by Gasteiger charge is -2.30. The molecule has 0 heterocycles. The van der Waals surface area contributed by atoms with E-state index in [0.717, 1.165) is 0 Å². The van der Waals surface area contributed by atoms with Gasteiger partial charge in [0.2, 0.25) is 0 Å². The summed E-state index contributed by atoms with van der Waals surface area (Å²) in [7, 11) is -3.71. The average molecular weight is 244 g/mol. The van der Waals surface area contributed by atoms with Crippen molar-refractivity contribution in [2.45, 2.75) is 27.7 Å². The molecular formula is C9H21BF4N2. The van der Waals surface area contributed by atoms with Crippen LogP contribution < -0.4 is 0 Å². The van der Waals surface area contributed by atoms with Gasteiger partial charge in [-0.2, -0.15) is 5.26 Å². The van der Waals surface area contributed by atoms with Crippen molar-refractivity contribution in [3.8, 4) is 6.07 Å². The molecule has 0 rings (SSSR count). The van der Waals surface area contributed by atoms with Crippen LogP contribution in [0.3, 0.4) is 0 Å². The number of hydrogen-bond acceptors (Lipinski definition) is 1. The zero-order chi connectivity index (χ0) is 13.8. The summed E-state index contributed by atoms with van der Waals surface area (Å²) < 4.78 is 40.2. The number of hydrogen-bond donors (Lipinski definition) is 0. The summed E-state index contributed by atoms with van der Waals surface area (Å²) in [6, 6.07) is 1.75. The number of nitriles is 1. The summed E-state index contributed by atoms with van der Waals surface area (Å²) in [5.74, 6) is 0. The van der Waals surface area contributed by atoms with Crippen molar-refractivity contribution in [1.82, 2.24) is 0 Å². The summed E-state index contributed by atoms with van der Waals surface area (Å²) >= 11 is 0. The van der Waals surface area contributed by atoms with Crippen molar-refractivity contribution in [2.75, 3.05) is 26.7 Å². The highest BCUT2D eigenvalue weighted by molar-refractivity contribution is 6.50. The zero-order valence-electron chi connectivity index (χ0n) is 10.6. The van der Waals surface area contributed by atoms with E-state index in [4.69, 9.17) is 5.26 Å². The molecule has 0 aliphatic carbocycles. The Bertz CT molecular complexity index is 171. The predicted molar refractivity (Wildman–Crippen MR) is 59.3 cm³/mol. The summed E-state index contributed by atoms with van der Waals surface area (Å²) in [4.78, 5) is 0. The van der Waals surface area contributed by atoms with Gasteiger partial charge in [-0.05, 0) is 20.8 Å². The number of halogens is 4. The standard InChI is InChI=1S/C7H18N.C2H3N.BF4/c1-5-8(4,6-2)7-3;1-2-3;2-1(3,4)5/h5-7H2,1-4H3;1H3;/q+1;;-1. The minimum Gasteiger partial charge on any atom is -0.418 e. The maximum absolute atomic E-state index is 9.75. The minimum absolute atomic E-state index is 1.21. The van der Waals surface area contributed by atoms with Gasteiger partial charge in [-0.3, -0.25) is 0 Å².